The molecule has 12 heavy (non-hydrogen) atoms. The number of hydrogen-bond donors (Lipinski definition) is 0. The largest absolute Gasteiger partial charge is 0.443 e. The Bertz CT molecular complexity index is 277. The van der Waals surface area contributed by atoms with Gasteiger partial charge in [0.05, 0.1) is 5.69 Å². The highest BCUT2D eigenvalue weighted by Gasteiger charge is 2.35. The van der Waals surface area contributed by atoms with Crippen molar-refractivity contribution in [3.63, 3.8) is 0 Å². The van der Waals surface area contributed by atoms with Crippen molar-refractivity contribution >= 4 is 11.3 Å². The van der Waals surface area contributed by atoms with E-state index < -0.39 is 11.2 Å². The van der Waals surface area contributed by atoms with Crippen LogP contribution in [0.25, 0.3) is 0 Å². The van der Waals surface area contributed by atoms with E-state index in [1.165, 1.54) is 0 Å². The summed E-state index contributed by atoms with van der Waals surface area (Å²) in [7, 11) is 0. The van der Waals surface area contributed by atoms with Crippen molar-refractivity contribution < 1.29 is 13.2 Å². The van der Waals surface area contributed by atoms with E-state index in [9.17, 15) is 13.2 Å². The van der Waals surface area contributed by atoms with Crippen LogP contribution >= 0.6 is 11.3 Å². The lowest BCUT2D eigenvalue weighted by Crippen LogP contribution is -2.03. The first-order valence-electron chi connectivity index (χ1n) is 3.48. The first kappa shape index (κ1) is 9.51. The minimum atomic E-state index is -4.29. The van der Waals surface area contributed by atoms with Crippen LogP contribution in [0, 0.1) is 6.92 Å². The number of halogens is 3. The highest BCUT2D eigenvalue weighted by Crippen LogP contribution is 2.33. The summed E-state index contributed by atoms with van der Waals surface area (Å²) in [6, 6.07) is 0. The van der Waals surface area contributed by atoms with Crippen molar-refractivity contribution in [1.82, 2.24) is 4.98 Å². The summed E-state index contributed by atoms with van der Waals surface area (Å²) in [4.78, 5) is 4.15. The quantitative estimate of drug-likeness (QED) is 0.671. The van der Waals surface area contributed by atoms with Crippen LogP contribution in [-0.2, 0) is 12.6 Å². The lowest BCUT2D eigenvalue weighted by atomic mass is 10.3. The molecule has 0 radical (unpaired) electrons. The molecule has 0 fully saturated rings. The molecule has 1 aromatic rings. The number of thiazole rings is 1. The first-order valence-corrected chi connectivity index (χ1v) is 4.30. The normalized spacial score (nSPS) is 12.1. The van der Waals surface area contributed by atoms with E-state index in [0.29, 0.717) is 28.3 Å². The average molecular weight is 195 g/mol. The summed E-state index contributed by atoms with van der Waals surface area (Å²) in [5.41, 5.74) is 0.548. The Labute approximate surface area is 72.2 Å². The molecule has 0 N–H and O–H groups in total. The summed E-state index contributed by atoms with van der Waals surface area (Å²) in [6.07, 6.45) is -3.73. The van der Waals surface area contributed by atoms with Gasteiger partial charge in [0, 0.05) is 4.88 Å². The molecule has 1 aromatic heterocycles. The van der Waals surface area contributed by atoms with Gasteiger partial charge in [-0.3, -0.25) is 0 Å². The molecule has 0 amide bonds. The molecule has 1 heterocycles. The molecular weight excluding hydrogens is 187 g/mol. The van der Waals surface area contributed by atoms with E-state index >= 15 is 0 Å². The monoisotopic (exact) mass is 195 g/mol. The van der Waals surface area contributed by atoms with Crippen molar-refractivity contribution in [1.29, 1.82) is 0 Å². The van der Waals surface area contributed by atoms with Gasteiger partial charge in [-0.2, -0.15) is 13.2 Å². The second kappa shape index (κ2) is 3.05. The second-order valence-electron chi connectivity index (χ2n) is 2.37. The Morgan fingerprint density at radius 1 is 1.42 bits per heavy atom. The van der Waals surface area contributed by atoms with E-state index in [4.69, 9.17) is 0 Å². The van der Waals surface area contributed by atoms with Gasteiger partial charge >= 0.3 is 6.18 Å². The van der Waals surface area contributed by atoms with Crippen LogP contribution in [-0.4, -0.2) is 4.98 Å². The molecule has 0 aromatic carbocycles. The van der Waals surface area contributed by atoms with Crippen LogP contribution < -0.4 is 0 Å². The third-order valence-electron chi connectivity index (χ3n) is 1.47. The summed E-state index contributed by atoms with van der Waals surface area (Å²) in [6.45, 7) is 3.45. The van der Waals surface area contributed by atoms with Gasteiger partial charge in [-0.25, -0.2) is 4.98 Å². The number of aryl methyl sites for hydroxylation is 2. The van der Waals surface area contributed by atoms with Gasteiger partial charge in [0.1, 0.15) is 0 Å². The highest BCUT2D eigenvalue weighted by molar-refractivity contribution is 7.11. The van der Waals surface area contributed by atoms with E-state index in [0.717, 1.165) is 0 Å². The molecular formula is C7H8F3NS. The third kappa shape index (κ3) is 1.77. The molecule has 1 rings (SSSR count). The Hall–Kier alpha value is -0.580. The van der Waals surface area contributed by atoms with Crippen molar-refractivity contribution in [3.8, 4) is 0 Å². The second-order valence-corrected chi connectivity index (χ2v) is 3.58. The van der Waals surface area contributed by atoms with Gasteiger partial charge in [-0.05, 0) is 13.3 Å². The fourth-order valence-electron chi connectivity index (χ4n) is 0.877. The fourth-order valence-corrected chi connectivity index (χ4v) is 1.75. The molecule has 0 aliphatic carbocycles. The van der Waals surface area contributed by atoms with E-state index in [-0.39, 0.29) is 0 Å². The molecule has 0 bridgehead atoms. The predicted molar refractivity (Wildman–Crippen MR) is 41.2 cm³/mol. The Kier molecular flexibility index (Phi) is 2.41. The maximum absolute atomic E-state index is 12.1. The molecule has 5 heteroatoms. The number of hydrogen-bond acceptors (Lipinski definition) is 2. The van der Waals surface area contributed by atoms with Gasteiger partial charge in [0.15, 0.2) is 5.01 Å². The summed E-state index contributed by atoms with van der Waals surface area (Å²) in [5.74, 6) is 0. The lowest BCUT2D eigenvalue weighted by Gasteiger charge is -1.98. The molecule has 0 spiro atoms. The van der Waals surface area contributed by atoms with Gasteiger partial charge in [-0.15, -0.1) is 11.3 Å². The molecule has 68 valence electrons. The van der Waals surface area contributed by atoms with Crippen LogP contribution in [0.3, 0.4) is 0 Å². The van der Waals surface area contributed by atoms with Crippen molar-refractivity contribution in [2.75, 3.05) is 0 Å². The Morgan fingerprint density at radius 3 is 2.25 bits per heavy atom. The number of alkyl halides is 3. The third-order valence-corrected chi connectivity index (χ3v) is 2.53. The standard InChI is InChI=1S/C7H8F3NS/c1-3-5-4(2)12-6(11-5)7(8,9)10/h3H2,1-2H3. The lowest BCUT2D eigenvalue weighted by molar-refractivity contribution is -0.137. The minimum Gasteiger partial charge on any atom is -0.237 e. The van der Waals surface area contributed by atoms with Gasteiger partial charge in [-0.1, -0.05) is 6.92 Å². The molecule has 0 unspecified atom stereocenters. The van der Waals surface area contributed by atoms with Crippen LogP contribution in [0.5, 0.6) is 0 Å². The zero-order valence-corrected chi connectivity index (χ0v) is 7.51. The molecule has 1 nitrogen and oxygen atoms in total. The van der Waals surface area contributed by atoms with Gasteiger partial charge < -0.3 is 0 Å². The fraction of sp³-hybridized carbons (Fsp3) is 0.571. The molecule has 0 saturated carbocycles. The molecule has 0 saturated heterocycles. The maximum Gasteiger partial charge on any atom is 0.443 e. The summed E-state index contributed by atoms with van der Waals surface area (Å²) < 4.78 is 36.2. The predicted octanol–water partition coefficient (Wildman–Crippen LogP) is 3.03. The van der Waals surface area contributed by atoms with Crippen molar-refractivity contribution in [3.05, 3.63) is 15.6 Å². The Morgan fingerprint density at radius 2 is 2.00 bits per heavy atom. The summed E-state index contributed by atoms with van der Waals surface area (Å²) in [5, 5.41) is -0.739. The molecule has 0 aliphatic heterocycles. The van der Waals surface area contributed by atoms with Gasteiger partial charge in [0.25, 0.3) is 0 Å². The SMILES string of the molecule is CCc1nc(C(F)(F)F)sc1C. The minimum absolute atomic E-state index is 0.548. The number of rotatable bonds is 1. The highest BCUT2D eigenvalue weighted by atomic mass is 32.1. The molecule has 0 aliphatic rings. The zero-order chi connectivity index (χ0) is 9.35. The van der Waals surface area contributed by atoms with Crippen LogP contribution in [0.4, 0.5) is 13.2 Å². The number of aromatic nitrogens is 1. The van der Waals surface area contributed by atoms with E-state index in [2.05, 4.69) is 4.98 Å². The Balaban J connectivity index is 3.05. The summed E-state index contributed by atoms with van der Waals surface area (Å²) >= 11 is 0.710. The zero-order valence-electron chi connectivity index (χ0n) is 6.70. The number of nitrogens with zero attached hydrogens (tertiary/aromatic N) is 1. The first-order chi connectivity index (χ1) is 5.45. The average Bonchev–Trinajstić information content (AvgIpc) is 2.29. The van der Waals surface area contributed by atoms with Crippen LogP contribution in [0.2, 0.25) is 0 Å². The van der Waals surface area contributed by atoms with Crippen LogP contribution in [0.1, 0.15) is 22.5 Å². The van der Waals surface area contributed by atoms with E-state index in [1.807, 2.05) is 0 Å². The smallest absolute Gasteiger partial charge is 0.237 e. The van der Waals surface area contributed by atoms with E-state index in [1.54, 1.807) is 13.8 Å². The van der Waals surface area contributed by atoms with Gasteiger partial charge in [0.2, 0.25) is 0 Å². The van der Waals surface area contributed by atoms with Crippen molar-refractivity contribution in [2.24, 2.45) is 0 Å². The topological polar surface area (TPSA) is 12.9 Å². The molecule has 0 atom stereocenters. The van der Waals surface area contributed by atoms with Crippen molar-refractivity contribution in [2.45, 2.75) is 26.4 Å². The maximum atomic E-state index is 12.1. The van der Waals surface area contributed by atoms with Crippen LogP contribution in [0.15, 0.2) is 0 Å².